The highest BCUT2D eigenvalue weighted by molar-refractivity contribution is 9.10. The van der Waals surface area contributed by atoms with Gasteiger partial charge in [-0.15, -0.1) is 0 Å². The average molecular weight is 493 g/mol. The normalized spacial score (nSPS) is 11.0. The number of rotatable bonds is 9. The molecule has 0 aliphatic carbocycles. The maximum absolute atomic E-state index is 12.3. The lowest BCUT2D eigenvalue weighted by molar-refractivity contribution is -0.123. The Morgan fingerprint density at radius 1 is 1.00 bits per heavy atom. The van der Waals surface area contributed by atoms with Crippen molar-refractivity contribution in [2.24, 2.45) is 0 Å². The Hall–Kier alpha value is -2.58. The predicted molar refractivity (Wildman–Crippen MR) is 122 cm³/mol. The van der Waals surface area contributed by atoms with E-state index >= 15 is 0 Å². The van der Waals surface area contributed by atoms with E-state index in [4.69, 9.17) is 14.2 Å². The molecule has 2 amide bonds. The van der Waals surface area contributed by atoms with Crippen LogP contribution in [0, 0.1) is 0 Å². The van der Waals surface area contributed by atoms with Gasteiger partial charge in [-0.25, -0.2) is 0 Å². The van der Waals surface area contributed by atoms with Crippen LogP contribution < -0.4 is 20.3 Å². The van der Waals surface area contributed by atoms with Gasteiger partial charge in [0.25, 0.3) is 11.8 Å². The van der Waals surface area contributed by atoms with Gasteiger partial charge in [0.15, 0.2) is 6.61 Å². The minimum Gasteiger partial charge on any atom is -0.491 e. The summed E-state index contributed by atoms with van der Waals surface area (Å²) in [6.07, 6.45) is 0. The topological polar surface area (TPSA) is 85.9 Å². The first-order valence-electron chi connectivity index (χ1n) is 10.0. The zero-order valence-electron chi connectivity index (χ0n) is 18.3. The predicted octanol–water partition coefficient (Wildman–Crippen LogP) is 4.00. The van der Waals surface area contributed by atoms with Gasteiger partial charge in [-0.2, -0.15) is 0 Å². The van der Waals surface area contributed by atoms with E-state index in [2.05, 4.69) is 47.6 Å². The molecule has 0 fully saturated rings. The summed E-state index contributed by atoms with van der Waals surface area (Å²) in [5.74, 6) is 0.153. The molecule has 7 nitrogen and oxygen atoms in total. The third-order valence-electron chi connectivity index (χ3n) is 4.27. The molecular formula is C23H29BrN2O5. The van der Waals surface area contributed by atoms with Crippen molar-refractivity contribution >= 4 is 27.7 Å². The molecule has 0 bridgehead atoms. The number of hydrazine groups is 1. The molecule has 2 N–H and O–H groups in total. The Balaban J connectivity index is 1.81. The highest BCUT2D eigenvalue weighted by Gasteiger charge is 2.16. The average Bonchev–Trinajstić information content (AvgIpc) is 2.73. The molecule has 0 heterocycles. The SMILES string of the molecule is CCOCCOc1cccc(C(=O)NNC(=O)COc2ccc(C(C)(C)C)cc2Br)c1. The van der Waals surface area contributed by atoms with Crippen molar-refractivity contribution in [1.29, 1.82) is 0 Å². The van der Waals surface area contributed by atoms with E-state index < -0.39 is 11.8 Å². The second-order valence-electron chi connectivity index (χ2n) is 7.76. The summed E-state index contributed by atoms with van der Waals surface area (Å²) in [6.45, 7) is 9.50. The molecular weight excluding hydrogens is 464 g/mol. The van der Waals surface area contributed by atoms with E-state index in [-0.39, 0.29) is 12.0 Å². The summed E-state index contributed by atoms with van der Waals surface area (Å²) < 4.78 is 17.1. The summed E-state index contributed by atoms with van der Waals surface area (Å²) in [6, 6.07) is 12.4. The van der Waals surface area contributed by atoms with Crippen LogP contribution in [0.5, 0.6) is 11.5 Å². The van der Waals surface area contributed by atoms with Gasteiger partial charge in [0.05, 0.1) is 11.1 Å². The Kier molecular flexibility index (Phi) is 9.33. The fraction of sp³-hybridized carbons (Fsp3) is 0.391. The van der Waals surface area contributed by atoms with Crippen molar-refractivity contribution in [3.8, 4) is 11.5 Å². The van der Waals surface area contributed by atoms with Crippen molar-refractivity contribution in [3.05, 3.63) is 58.1 Å². The van der Waals surface area contributed by atoms with Crippen LogP contribution in [0.3, 0.4) is 0 Å². The van der Waals surface area contributed by atoms with Gasteiger partial charge in [0, 0.05) is 12.2 Å². The molecule has 0 aliphatic heterocycles. The summed E-state index contributed by atoms with van der Waals surface area (Å²) in [4.78, 5) is 24.3. The van der Waals surface area contributed by atoms with E-state index in [1.807, 2.05) is 25.1 Å². The van der Waals surface area contributed by atoms with Crippen LogP contribution in [0.1, 0.15) is 43.6 Å². The molecule has 0 saturated heterocycles. The fourth-order valence-corrected chi connectivity index (χ4v) is 3.05. The van der Waals surface area contributed by atoms with Gasteiger partial charge < -0.3 is 14.2 Å². The second kappa shape index (κ2) is 11.7. The minimum atomic E-state index is -0.482. The van der Waals surface area contributed by atoms with Gasteiger partial charge in [-0.1, -0.05) is 32.9 Å². The molecule has 0 saturated carbocycles. The smallest absolute Gasteiger partial charge is 0.276 e. The summed E-state index contributed by atoms with van der Waals surface area (Å²) >= 11 is 3.47. The molecule has 31 heavy (non-hydrogen) atoms. The van der Waals surface area contributed by atoms with Crippen LogP contribution in [0.4, 0.5) is 0 Å². The van der Waals surface area contributed by atoms with Crippen molar-refractivity contribution < 1.29 is 23.8 Å². The van der Waals surface area contributed by atoms with Crippen molar-refractivity contribution in [2.75, 3.05) is 26.4 Å². The molecule has 0 aliphatic rings. The highest BCUT2D eigenvalue weighted by atomic mass is 79.9. The first-order valence-corrected chi connectivity index (χ1v) is 10.8. The zero-order chi connectivity index (χ0) is 22.9. The first-order chi connectivity index (χ1) is 14.7. The number of nitrogens with one attached hydrogen (secondary N) is 2. The minimum absolute atomic E-state index is 0.00827. The molecule has 8 heteroatoms. The quantitative estimate of drug-likeness (QED) is 0.408. The van der Waals surface area contributed by atoms with Gasteiger partial charge in [0.1, 0.15) is 18.1 Å². The Labute approximate surface area is 191 Å². The van der Waals surface area contributed by atoms with Gasteiger partial charge in [-0.3, -0.25) is 20.4 Å². The Morgan fingerprint density at radius 2 is 1.77 bits per heavy atom. The molecule has 2 aromatic rings. The van der Waals surface area contributed by atoms with Crippen molar-refractivity contribution in [1.82, 2.24) is 10.9 Å². The monoisotopic (exact) mass is 492 g/mol. The number of carbonyl (C=O) groups is 2. The van der Waals surface area contributed by atoms with Crippen LogP contribution in [-0.2, 0) is 14.9 Å². The second-order valence-corrected chi connectivity index (χ2v) is 8.61. The molecule has 0 spiro atoms. The Bertz CT molecular complexity index is 896. The molecule has 0 radical (unpaired) electrons. The number of halogens is 1. The maximum Gasteiger partial charge on any atom is 0.276 e. The standard InChI is InChI=1S/C23H29BrN2O5/c1-5-29-11-12-30-18-8-6-7-16(13-18)22(28)26-25-21(27)15-31-20-10-9-17(14-19(20)24)23(2,3)4/h6-10,13-14H,5,11-12,15H2,1-4H3,(H,25,27)(H,26,28). The van der Waals surface area contributed by atoms with Crippen LogP contribution in [-0.4, -0.2) is 38.2 Å². The van der Waals surface area contributed by atoms with Crippen molar-refractivity contribution in [2.45, 2.75) is 33.1 Å². The fourth-order valence-electron chi connectivity index (χ4n) is 2.55. The van der Waals surface area contributed by atoms with Gasteiger partial charge in [0.2, 0.25) is 0 Å². The van der Waals surface area contributed by atoms with Crippen LogP contribution >= 0.6 is 15.9 Å². The van der Waals surface area contributed by atoms with E-state index in [1.54, 1.807) is 24.3 Å². The first kappa shape index (κ1) is 24.7. The highest BCUT2D eigenvalue weighted by Crippen LogP contribution is 2.31. The number of benzene rings is 2. The van der Waals surface area contributed by atoms with E-state index in [0.717, 1.165) is 10.0 Å². The largest absolute Gasteiger partial charge is 0.491 e. The third kappa shape index (κ3) is 8.22. The molecule has 2 aromatic carbocycles. The summed E-state index contributed by atoms with van der Waals surface area (Å²) in [5.41, 5.74) is 6.23. The third-order valence-corrected chi connectivity index (χ3v) is 4.89. The van der Waals surface area contributed by atoms with Crippen LogP contribution in [0.25, 0.3) is 0 Å². The lowest BCUT2D eigenvalue weighted by Gasteiger charge is -2.20. The Morgan fingerprint density at radius 3 is 2.45 bits per heavy atom. The number of ether oxygens (including phenoxy) is 3. The van der Waals surface area contributed by atoms with Crippen molar-refractivity contribution in [3.63, 3.8) is 0 Å². The zero-order valence-corrected chi connectivity index (χ0v) is 19.9. The number of amides is 2. The van der Waals surface area contributed by atoms with Crippen LogP contribution in [0.2, 0.25) is 0 Å². The maximum atomic E-state index is 12.3. The number of hydrogen-bond acceptors (Lipinski definition) is 5. The van der Waals surface area contributed by atoms with Gasteiger partial charge in [-0.05, 0) is 64.2 Å². The van der Waals surface area contributed by atoms with Crippen LogP contribution in [0.15, 0.2) is 46.9 Å². The number of carbonyl (C=O) groups excluding carboxylic acids is 2. The van der Waals surface area contributed by atoms with Gasteiger partial charge >= 0.3 is 0 Å². The number of hydrogen-bond donors (Lipinski definition) is 2. The molecule has 2 rings (SSSR count). The van der Waals surface area contributed by atoms with E-state index in [9.17, 15) is 9.59 Å². The molecule has 0 aromatic heterocycles. The lowest BCUT2D eigenvalue weighted by Crippen LogP contribution is -2.43. The summed E-state index contributed by atoms with van der Waals surface area (Å²) in [5, 5.41) is 0. The molecule has 168 valence electrons. The molecule has 0 unspecified atom stereocenters. The van der Waals surface area contributed by atoms with E-state index in [0.29, 0.717) is 36.9 Å². The lowest BCUT2D eigenvalue weighted by atomic mass is 9.87. The van der Waals surface area contributed by atoms with E-state index in [1.165, 1.54) is 0 Å². The summed E-state index contributed by atoms with van der Waals surface area (Å²) in [7, 11) is 0. The molecule has 0 atom stereocenters.